The molecule has 1 saturated heterocycles. The van der Waals surface area contributed by atoms with Crippen LogP contribution in [0.2, 0.25) is 0 Å². The van der Waals surface area contributed by atoms with E-state index in [0.29, 0.717) is 5.82 Å². The highest BCUT2D eigenvalue weighted by Gasteiger charge is 2.16. The molecule has 0 bridgehead atoms. The average molecular weight is 222 g/mol. The zero-order chi connectivity index (χ0) is 11.5. The van der Waals surface area contributed by atoms with E-state index in [9.17, 15) is 0 Å². The molecule has 16 heavy (non-hydrogen) atoms. The SMILES string of the molecule is Cc1nc(NN)c(C)c(N2CCNCC2)n1. The zero-order valence-electron chi connectivity index (χ0n) is 9.75. The second kappa shape index (κ2) is 4.63. The van der Waals surface area contributed by atoms with Crippen LogP contribution in [0.5, 0.6) is 0 Å². The number of hydrogen-bond acceptors (Lipinski definition) is 6. The number of nitrogens with one attached hydrogen (secondary N) is 2. The van der Waals surface area contributed by atoms with Gasteiger partial charge in [-0.2, -0.15) is 0 Å². The summed E-state index contributed by atoms with van der Waals surface area (Å²) in [5.74, 6) is 7.89. The van der Waals surface area contributed by atoms with Gasteiger partial charge in [0.15, 0.2) is 0 Å². The first-order valence-corrected chi connectivity index (χ1v) is 5.50. The van der Waals surface area contributed by atoms with Gasteiger partial charge in [-0.25, -0.2) is 15.8 Å². The number of aromatic nitrogens is 2. The van der Waals surface area contributed by atoms with Crippen LogP contribution in [0.3, 0.4) is 0 Å². The van der Waals surface area contributed by atoms with Crippen molar-refractivity contribution in [3.8, 4) is 0 Å². The number of anilines is 2. The molecule has 0 radical (unpaired) electrons. The van der Waals surface area contributed by atoms with Gasteiger partial charge in [-0.05, 0) is 13.8 Å². The molecule has 0 aliphatic carbocycles. The van der Waals surface area contributed by atoms with Crippen molar-refractivity contribution in [2.75, 3.05) is 36.5 Å². The first-order valence-electron chi connectivity index (χ1n) is 5.50. The van der Waals surface area contributed by atoms with E-state index in [-0.39, 0.29) is 0 Å². The molecule has 2 rings (SSSR count). The molecule has 88 valence electrons. The summed E-state index contributed by atoms with van der Waals surface area (Å²) in [7, 11) is 0. The normalized spacial score (nSPS) is 16.3. The summed E-state index contributed by atoms with van der Waals surface area (Å²) in [6.45, 7) is 7.81. The van der Waals surface area contributed by atoms with Gasteiger partial charge in [0.25, 0.3) is 0 Å². The summed E-state index contributed by atoms with van der Waals surface area (Å²) < 4.78 is 0. The lowest BCUT2D eigenvalue weighted by Crippen LogP contribution is -2.44. The first kappa shape index (κ1) is 11.1. The first-order chi connectivity index (χ1) is 7.72. The van der Waals surface area contributed by atoms with Crippen molar-refractivity contribution >= 4 is 11.6 Å². The lowest BCUT2D eigenvalue weighted by Gasteiger charge is -2.30. The number of piperazine rings is 1. The van der Waals surface area contributed by atoms with E-state index in [4.69, 9.17) is 5.84 Å². The van der Waals surface area contributed by atoms with Gasteiger partial charge in [-0.1, -0.05) is 0 Å². The molecular weight excluding hydrogens is 204 g/mol. The van der Waals surface area contributed by atoms with E-state index in [0.717, 1.165) is 43.4 Å². The number of hydrogen-bond donors (Lipinski definition) is 3. The van der Waals surface area contributed by atoms with Crippen molar-refractivity contribution in [3.05, 3.63) is 11.4 Å². The molecule has 0 spiro atoms. The van der Waals surface area contributed by atoms with Crippen molar-refractivity contribution < 1.29 is 0 Å². The molecule has 1 aromatic heterocycles. The number of nitrogens with zero attached hydrogens (tertiary/aromatic N) is 3. The molecule has 4 N–H and O–H groups in total. The quantitative estimate of drug-likeness (QED) is 0.474. The molecule has 1 aromatic rings. The van der Waals surface area contributed by atoms with Crippen LogP contribution in [0.15, 0.2) is 0 Å². The van der Waals surface area contributed by atoms with Crippen molar-refractivity contribution in [2.24, 2.45) is 5.84 Å². The number of nitrogens with two attached hydrogens (primary N) is 1. The Bertz CT molecular complexity index is 372. The lowest BCUT2D eigenvalue weighted by atomic mass is 10.2. The summed E-state index contributed by atoms with van der Waals surface area (Å²) in [6, 6.07) is 0. The Morgan fingerprint density at radius 3 is 2.56 bits per heavy atom. The van der Waals surface area contributed by atoms with E-state index in [1.807, 2.05) is 13.8 Å². The number of rotatable bonds is 2. The highest BCUT2D eigenvalue weighted by Crippen LogP contribution is 2.22. The fourth-order valence-corrected chi connectivity index (χ4v) is 1.94. The van der Waals surface area contributed by atoms with Crippen LogP contribution < -0.4 is 21.5 Å². The Labute approximate surface area is 95.2 Å². The topological polar surface area (TPSA) is 79.1 Å². The number of nitrogen functional groups attached to an aromatic ring is 1. The molecule has 1 fully saturated rings. The van der Waals surface area contributed by atoms with Crippen LogP contribution in [0.1, 0.15) is 11.4 Å². The smallest absolute Gasteiger partial charge is 0.148 e. The molecule has 1 aliphatic rings. The van der Waals surface area contributed by atoms with Gasteiger partial charge >= 0.3 is 0 Å². The summed E-state index contributed by atoms with van der Waals surface area (Å²) >= 11 is 0. The molecule has 0 saturated carbocycles. The number of hydrazine groups is 1. The largest absolute Gasteiger partial charge is 0.354 e. The molecule has 0 amide bonds. The summed E-state index contributed by atoms with van der Waals surface area (Å²) in [6.07, 6.45) is 0. The minimum atomic E-state index is 0.709. The summed E-state index contributed by atoms with van der Waals surface area (Å²) in [4.78, 5) is 11.0. The van der Waals surface area contributed by atoms with Gasteiger partial charge in [0.2, 0.25) is 0 Å². The van der Waals surface area contributed by atoms with Crippen molar-refractivity contribution in [3.63, 3.8) is 0 Å². The highest BCUT2D eigenvalue weighted by molar-refractivity contribution is 5.58. The molecule has 1 aliphatic heterocycles. The van der Waals surface area contributed by atoms with Gasteiger partial charge in [0.1, 0.15) is 17.5 Å². The monoisotopic (exact) mass is 222 g/mol. The Hall–Kier alpha value is -1.40. The maximum Gasteiger partial charge on any atom is 0.148 e. The van der Waals surface area contributed by atoms with Crippen LogP contribution >= 0.6 is 0 Å². The van der Waals surface area contributed by atoms with E-state index in [1.165, 1.54) is 0 Å². The molecule has 0 atom stereocenters. The van der Waals surface area contributed by atoms with Crippen LogP contribution in [-0.4, -0.2) is 36.1 Å². The molecule has 6 nitrogen and oxygen atoms in total. The maximum absolute atomic E-state index is 5.45. The van der Waals surface area contributed by atoms with Gasteiger partial charge in [0.05, 0.1) is 0 Å². The van der Waals surface area contributed by atoms with Crippen LogP contribution in [0.4, 0.5) is 11.6 Å². The summed E-state index contributed by atoms with van der Waals surface area (Å²) in [5, 5.41) is 3.32. The molecule has 0 aromatic carbocycles. The molecule has 0 unspecified atom stereocenters. The Morgan fingerprint density at radius 2 is 1.94 bits per heavy atom. The average Bonchev–Trinajstić information content (AvgIpc) is 2.33. The highest BCUT2D eigenvalue weighted by atomic mass is 15.3. The Balaban J connectivity index is 2.34. The second-order valence-electron chi connectivity index (χ2n) is 3.95. The van der Waals surface area contributed by atoms with Crippen molar-refractivity contribution in [1.82, 2.24) is 15.3 Å². The zero-order valence-corrected chi connectivity index (χ0v) is 9.75. The van der Waals surface area contributed by atoms with E-state index in [1.54, 1.807) is 0 Å². The minimum Gasteiger partial charge on any atom is -0.354 e. The lowest BCUT2D eigenvalue weighted by molar-refractivity contribution is 0.583. The van der Waals surface area contributed by atoms with E-state index in [2.05, 4.69) is 25.6 Å². The van der Waals surface area contributed by atoms with Crippen LogP contribution in [0.25, 0.3) is 0 Å². The van der Waals surface area contributed by atoms with Gasteiger partial charge < -0.3 is 15.6 Å². The van der Waals surface area contributed by atoms with Gasteiger partial charge in [0, 0.05) is 31.7 Å². The molecule has 6 heteroatoms. The third-order valence-electron chi connectivity index (χ3n) is 2.79. The van der Waals surface area contributed by atoms with Crippen LogP contribution in [-0.2, 0) is 0 Å². The Morgan fingerprint density at radius 1 is 1.25 bits per heavy atom. The molecular formula is C10H18N6. The van der Waals surface area contributed by atoms with Gasteiger partial charge in [-0.3, -0.25) is 0 Å². The van der Waals surface area contributed by atoms with Crippen molar-refractivity contribution in [2.45, 2.75) is 13.8 Å². The minimum absolute atomic E-state index is 0.709. The fraction of sp³-hybridized carbons (Fsp3) is 0.600. The summed E-state index contributed by atoms with van der Waals surface area (Å²) in [5.41, 5.74) is 3.63. The van der Waals surface area contributed by atoms with Gasteiger partial charge in [-0.15, -0.1) is 0 Å². The molecule has 2 heterocycles. The maximum atomic E-state index is 5.45. The van der Waals surface area contributed by atoms with E-state index < -0.39 is 0 Å². The standard InChI is InChI=1S/C10H18N6/c1-7-9(15-11)13-8(2)14-10(7)16-5-3-12-4-6-16/h12H,3-6,11H2,1-2H3,(H,13,14,15). The Kier molecular flexibility index (Phi) is 3.21. The third kappa shape index (κ3) is 2.07. The number of aryl methyl sites for hydroxylation is 1. The predicted molar refractivity (Wildman–Crippen MR) is 64.4 cm³/mol. The fourth-order valence-electron chi connectivity index (χ4n) is 1.94. The second-order valence-corrected chi connectivity index (χ2v) is 3.95. The third-order valence-corrected chi connectivity index (χ3v) is 2.79. The van der Waals surface area contributed by atoms with Crippen LogP contribution in [0, 0.1) is 13.8 Å². The van der Waals surface area contributed by atoms with Crippen molar-refractivity contribution in [1.29, 1.82) is 0 Å². The predicted octanol–water partition coefficient (Wildman–Crippen LogP) is -0.211. The van der Waals surface area contributed by atoms with E-state index >= 15 is 0 Å².